The summed E-state index contributed by atoms with van der Waals surface area (Å²) in [5, 5.41) is 0. The van der Waals surface area contributed by atoms with Crippen LogP contribution < -0.4 is 0 Å². The third-order valence-electron chi connectivity index (χ3n) is 5.29. The molecule has 0 bridgehead atoms. The molecule has 0 aliphatic rings. The molecule has 0 N–H and O–H groups in total. The quantitative estimate of drug-likeness (QED) is 0.242. The molecule has 6 heteroatoms. The molecule has 2 aromatic carbocycles. The maximum atomic E-state index is 14.0. The molecule has 2 aromatic rings. The summed E-state index contributed by atoms with van der Waals surface area (Å²) in [6.07, 6.45) is 7.86. The van der Waals surface area contributed by atoms with Gasteiger partial charge in [-0.25, -0.2) is 18.4 Å². The first-order valence-electron chi connectivity index (χ1n) is 11.4. The minimum absolute atomic E-state index is 0.00276. The number of benzene rings is 2. The van der Waals surface area contributed by atoms with E-state index in [1.165, 1.54) is 57.2 Å². The van der Waals surface area contributed by atoms with Gasteiger partial charge < -0.3 is 9.47 Å². The number of ether oxygens (including phenoxy) is 2. The lowest BCUT2D eigenvalue weighted by atomic mass is 10.1. The number of rotatable bonds is 13. The molecule has 0 aliphatic heterocycles. The molecule has 0 aromatic heterocycles. The molecule has 0 saturated heterocycles. The molecule has 1 atom stereocenters. The SMILES string of the molecule is CCCCCCCCCCOC(=O)c1ccccc1C(=O)OC(C)c1c(F)cccc1F. The van der Waals surface area contributed by atoms with Crippen LogP contribution in [0.2, 0.25) is 0 Å². The van der Waals surface area contributed by atoms with E-state index in [4.69, 9.17) is 9.47 Å². The molecule has 174 valence electrons. The van der Waals surface area contributed by atoms with Crippen molar-refractivity contribution >= 4 is 11.9 Å². The van der Waals surface area contributed by atoms with Crippen molar-refractivity contribution < 1.29 is 27.8 Å². The van der Waals surface area contributed by atoms with E-state index in [1.807, 2.05) is 0 Å². The molecule has 32 heavy (non-hydrogen) atoms. The van der Waals surface area contributed by atoms with E-state index in [1.54, 1.807) is 12.1 Å². The van der Waals surface area contributed by atoms with Crippen molar-refractivity contribution in [2.45, 2.75) is 71.3 Å². The number of carbonyl (C=O) groups excluding carboxylic acids is 2. The van der Waals surface area contributed by atoms with Crippen molar-refractivity contribution in [3.63, 3.8) is 0 Å². The van der Waals surface area contributed by atoms with Crippen LogP contribution in [-0.4, -0.2) is 18.5 Å². The Hall–Kier alpha value is -2.76. The second-order valence-electron chi connectivity index (χ2n) is 7.84. The summed E-state index contributed by atoms with van der Waals surface area (Å²) in [5.74, 6) is -3.07. The highest BCUT2D eigenvalue weighted by atomic mass is 19.1. The van der Waals surface area contributed by atoms with Crippen LogP contribution >= 0.6 is 0 Å². The lowest BCUT2D eigenvalue weighted by Gasteiger charge is -2.16. The molecular formula is C26H32F2O4. The lowest BCUT2D eigenvalue weighted by molar-refractivity contribution is 0.0311. The summed E-state index contributed by atoms with van der Waals surface area (Å²) >= 11 is 0. The predicted molar refractivity (Wildman–Crippen MR) is 120 cm³/mol. The Kier molecular flexibility index (Phi) is 10.8. The summed E-state index contributed by atoms with van der Waals surface area (Å²) in [4.78, 5) is 25.1. The molecule has 4 nitrogen and oxygen atoms in total. The normalized spacial score (nSPS) is 11.8. The van der Waals surface area contributed by atoms with Crippen molar-refractivity contribution in [1.82, 2.24) is 0 Å². The van der Waals surface area contributed by atoms with Crippen molar-refractivity contribution in [1.29, 1.82) is 0 Å². The molecule has 0 fully saturated rings. The number of hydrogen-bond acceptors (Lipinski definition) is 4. The number of hydrogen-bond donors (Lipinski definition) is 0. The van der Waals surface area contributed by atoms with Gasteiger partial charge in [0.25, 0.3) is 0 Å². The van der Waals surface area contributed by atoms with Crippen molar-refractivity contribution in [3.8, 4) is 0 Å². The maximum absolute atomic E-state index is 14.0. The zero-order valence-corrected chi connectivity index (χ0v) is 18.9. The monoisotopic (exact) mass is 446 g/mol. The van der Waals surface area contributed by atoms with E-state index < -0.39 is 29.7 Å². The lowest BCUT2D eigenvalue weighted by Crippen LogP contribution is -2.17. The topological polar surface area (TPSA) is 52.6 Å². The fourth-order valence-corrected chi connectivity index (χ4v) is 3.50. The molecule has 0 radical (unpaired) electrons. The Bertz CT molecular complexity index is 862. The van der Waals surface area contributed by atoms with Gasteiger partial charge in [-0.05, 0) is 37.6 Å². The molecule has 0 aliphatic carbocycles. The molecule has 1 unspecified atom stereocenters. The third-order valence-corrected chi connectivity index (χ3v) is 5.29. The minimum atomic E-state index is -1.16. The van der Waals surface area contributed by atoms with Crippen LogP contribution in [0, 0.1) is 11.6 Å². The molecule has 0 spiro atoms. The van der Waals surface area contributed by atoms with Crippen LogP contribution in [0.4, 0.5) is 8.78 Å². The van der Waals surface area contributed by atoms with Gasteiger partial charge in [0.2, 0.25) is 0 Å². The first kappa shape index (κ1) is 25.5. The largest absolute Gasteiger partial charge is 0.462 e. The van der Waals surface area contributed by atoms with Crippen molar-refractivity contribution in [2.24, 2.45) is 0 Å². The van der Waals surface area contributed by atoms with Crippen LogP contribution in [0.15, 0.2) is 42.5 Å². The number of halogens is 2. The van der Waals surface area contributed by atoms with E-state index in [9.17, 15) is 18.4 Å². The van der Waals surface area contributed by atoms with Gasteiger partial charge in [-0.3, -0.25) is 0 Å². The Morgan fingerprint density at radius 3 is 1.91 bits per heavy atom. The van der Waals surface area contributed by atoms with E-state index in [2.05, 4.69) is 6.92 Å². The Morgan fingerprint density at radius 2 is 1.31 bits per heavy atom. The number of esters is 2. The van der Waals surface area contributed by atoms with E-state index in [-0.39, 0.29) is 23.3 Å². The smallest absolute Gasteiger partial charge is 0.339 e. The van der Waals surface area contributed by atoms with Gasteiger partial charge in [-0.15, -0.1) is 0 Å². The molecular weight excluding hydrogens is 414 g/mol. The highest BCUT2D eigenvalue weighted by Crippen LogP contribution is 2.25. The first-order chi connectivity index (χ1) is 15.5. The second kappa shape index (κ2) is 13.6. The fourth-order valence-electron chi connectivity index (χ4n) is 3.50. The van der Waals surface area contributed by atoms with Crippen LogP contribution in [0.5, 0.6) is 0 Å². The summed E-state index contributed by atoms with van der Waals surface area (Å²) in [6, 6.07) is 9.53. The third kappa shape index (κ3) is 7.74. The molecule has 0 saturated carbocycles. The summed E-state index contributed by atoms with van der Waals surface area (Å²) in [7, 11) is 0. The van der Waals surface area contributed by atoms with Crippen LogP contribution in [0.1, 0.15) is 97.6 Å². The second-order valence-corrected chi connectivity index (χ2v) is 7.84. The summed E-state index contributed by atoms with van der Waals surface area (Å²) in [5.41, 5.74) is -0.272. The minimum Gasteiger partial charge on any atom is -0.462 e. The number of unbranched alkanes of at least 4 members (excludes halogenated alkanes) is 7. The van der Waals surface area contributed by atoms with Crippen molar-refractivity contribution in [2.75, 3.05) is 6.61 Å². The summed E-state index contributed by atoms with van der Waals surface area (Å²) in [6.45, 7) is 3.84. The van der Waals surface area contributed by atoms with Crippen LogP contribution in [0.25, 0.3) is 0 Å². The van der Waals surface area contributed by atoms with Gasteiger partial charge in [0.15, 0.2) is 0 Å². The number of carbonyl (C=O) groups is 2. The van der Waals surface area contributed by atoms with Gasteiger partial charge in [-0.1, -0.05) is 70.1 Å². The summed E-state index contributed by atoms with van der Waals surface area (Å²) < 4.78 is 38.5. The Balaban J connectivity index is 1.88. The van der Waals surface area contributed by atoms with E-state index in [0.717, 1.165) is 31.4 Å². The van der Waals surface area contributed by atoms with Crippen LogP contribution in [-0.2, 0) is 9.47 Å². The van der Waals surface area contributed by atoms with Gasteiger partial charge in [0, 0.05) is 0 Å². The van der Waals surface area contributed by atoms with Crippen LogP contribution in [0.3, 0.4) is 0 Å². The highest BCUT2D eigenvalue weighted by Gasteiger charge is 2.24. The predicted octanol–water partition coefficient (Wildman–Crippen LogP) is 7.18. The zero-order chi connectivity index (χ0) is 23.3. The fraction of sp³-hybridized carbons (Fsp3) is 0.462. The first-order valence-corrected chi connectivity index (χ1v) is 11.4. The average Bonchev–Trinajstić information content (AvgIpc) is 2.77. The molecule has 2 rings (SSSR count). The van der Waals surface area contributed by atoms with Gasteiger partial charge in [0.1, 0.15) is 17.7 Å². The van der Waals surface area contributed by atoms with Gasteiger partial charge in [0.05, 0.1) is 23.3 Å². The van der Waals surface area contributed by atoms with E-state index >= 15 is 0 Å². The average molecular weight is 447 g/mol. The molecule has 0 heterocycles. The Labute approximate surface area is 188 Å². The zero-order valence-electron chi connectivity index (χ0n) is 18.9. The van der Waals surface area contributed by atoms with Crippen molar-refractivity contribution in [3.05, 3.63) is 70.8 Å². The van der Waals surface area contributed by atoms with E-state index in [0.29, 0.717) is 0 Å². The standard InChI is InChI=1S/C26H32F2O4/c1-3-4-5-6-7-8-9-12-18-31-25(29)20-14-10-11-15-21(20)26(30)32-19(2)24-22(27)16-13-17-23(24)28/h10-11,13-17,19H,3-9,12,18H2,1-2H3. The van der Waals surface area contributed by atoms with Gasteiger partial charge in [-0.2, -0.15) is 0 Å². The van der Waals surface area contributed by atoms with Gasteiger partial charge >= 0.3 is 11.9 Å². The molecule has 0 amide bonds. The highest BCUT2D eigenvalue weighted by molar-refractivity contribution is 6.03. The Morgan fingerprint density at radius 1 is 0.781 bits per heavy atom. The maximum Gasteiger partial charge on any atom is 0.339 e.